The van der Waals surface area contributed by atoms with E-state index in [1.807, 2.05) is 0 Å². The zero-order chi connectivity index (χ0) is 16.4. The number of halogens is 3. The van der Waals surface area contributed by atoms with Gasteiger partial charge in [-0.25, -0.2) is 13.6 Å². The number of primary sulfonamides is 1. The van der Waals surface area contributed by atoms with Crippen molar-refractivity contribution in [3.63, 3.8) is 0 Å². The Morgan fingerprint density at radius 1 is 1.48 bits per heavy atom. The smallest absolute Gasteiger partial charge is 0.395 e. The minimum atomic E-state index is -4.64. The number of aliphatic hydroxyl groups is 1. The number of sulfonamides is 1. The number of carbonyl (C=O) groups is 1. The minimum Gasteiger partial charge on any atom is -0.395 e. The molecule has 1 amide bonds. The second kappa shape index (κ2) is 6.03. The average molecular weight is 329 g/mol. The quantitative estimate of drug-likeness (QED) is 0.771. The van der Waals surface area contributed by atoms with Crippen LogP contribution in [-0.2, 0) is 17.1 Å². The topological polar surface area (TPSA) is 106 Å². The van der Waals surface area contributed by atoms with Crippen molar-refractivity contribution in [1.29, 1.82) is 0 Å². The normalized spacial score (nSPS) is 12.5. The summed E-state index contributed by atoms with van der Waals surface area (Å²) in [5, 5.41) is 13.6. The largest absolute Gasteiger partial charge is 0.406 e. The third-order valence-corrected chi connectivity index (χ3v) is 3.44. The zero-order valence-corrected chi connectivity index (χ0v) is 11.8. The number of rotatable bonds is 5. The maximum absolute atomic E-state index is 12.4. The molecule has 21 heavy (non-hydrogen) atoms. The first-order valence-electron chi connectivity index (χ1n) is 5.62. The lowest BCUT2D eigenvalue weighted by Crippen LogP contribution is -2.41. The predicted molar refractivity (Wildman–Crippen MR) is 65.8 cm³/mol. The highest BCUT2D eigenvalue weighted by Crippen LogP contribution is 2.19. The van der Waals surface area contributed by atoms with E-state index in [0.29, 0.717) is 4.90 Å². The van der Waals surface area contributed by atoms with Gasteiger partial charge < -0.3 is 14.6 Å². The molecule has 120 valence electrons. The average Bonchev–Trinajstić information content (AvgIpc) is 2.68. The fraction of sp³-hybridized carbons (Fsp3) is 0.500. The van der Waals surface area contributed by atoms with Crippen molar-refractivity contribution >= 4 is 15.9 Å². The maximum atomic E-state index is 12.4. The molecule has 0 saturated heterocycles. The van der Waals surface area contributed by atoms with Gasteiger partial charge in [0, 0.05) is 19.8 Å². The Kier molecular flexibility index (Phi) is 5.02. The number of nitrogens with zero attached hydrogens (tertiary/aromatic N) is 2. The van der Waals surface area contributed by atoms with Gasteiger partial charge >= 0.3 is 6.18 Å². The summed E-state index contributed by atoms with van der Waals surface area (Å²) in [6.45, 7) is -2.75. The van der Waals surface area contributed by atoms with Gasteiger partial charge in [0.25, 0.3) is 5.91 Å². The first-order chi connectivity index (χ1) is 9.45. The molecule has 0 saturated carbocycles. The lowest BCUT2D eigenvalue weighted by atomic mass is 10.3. The van der Waals surface area contributed by atoms with E-state index in [1.165, 1.54) is 7.05 Å². The van der Waals surface area contributed by atoms with Gasteiger partial charge in [-0.2, -0.15) is 13.2 Å². The van der Waals surface area contributed by atoms with Crippen molar-refractivity contribution in [3.8, 4) is 0 Å². The summed E-state index contributed by atoms with van der Waals surface area (Å²) in [4.78, 5) is 12.0. The fourth-order valence-electron chi connectivity index (χ4n) is 1.65. The first kappa shape index (κ1) is 17.5. The number of aromatic nitrogens is 1. The molecule has 0 aliphatic rings. The fourth-order valence-corrected chi connectivity index (χ4v) is 2.23. The molecular weight excluding hydrogens is 315 g/mol. The van der Waals surface area contributed by atoms with Crippen LogP contribution in [0.4, 0.5) is 13.2 Å². The van der Waals surface area contributed by atoms with Crippen molar-refractivity contribution in [2.75, 3.05) is 19.7 Å². The summed E-state index contributed by atoms with van der Waals surface area (Å²) < 4.78 is 60.6. The van der Waals surface area contributed by atoms with Gasteiger partial charge in [-0.05, 0) is 6.07 Å². The van der Waals surface area contributed by atoms with Crippen molar-refractivity contribution in [1.82, 2.24) is 9.47 Å². The molecule has 0 radical (unpaired) electrons. The van der Waals surface area contributed by atoms with Crippen molar-refractivity contribution in [2.45, 2.75) is 11.1 Å². The number of alkyl halides is 3. The van der Waals surface area contributed by atoms with Gasteiger partial charge in [0.05, 0.1) is 6.61 Å². The molecule has 1 aromatic heterocycles. The van der Waals surface area contributed by atoms with Gasteiger partial charge in [-0.15, -0.1) is 0 Å². The molecule has 3 N–H and O–H groups in total. The summed E-state index contributed by atoms with van der Waals surface area (Å²) in [7, 11) is -2.78. The summed E-state index contributed by atoms with van der Waals surface area (Å²) in [5.41, 5.74) is -0.281. The Bertz CT molecular complexity index is 624. The van der Waals surface area contributed by atoms with Crippen molar-refractivity contribution in [3.05, 3.63) is 18.0 Å². The van der Waals surface area contributed by atoms with Gasteiger partial charge in [-0.1, -0.05) is 0 Å². The third-order valence-electron chi connectivity index (χ3n) is 2.55. The molecule has 1 heterocycles. The maximum Gasteiger partial charge on any atom is 0.406 e. The highest BCUT2D eigenvalue weighted by Gasteiger charge is 2.34. The van der Waals surface area contributed by atoms with Gasteiger partial charge in [0.1, 0.15) is 17.1 Å². The Balaban J connectivity index is 3.12. The lowest BCUT2D eigenvalue weighted by Gasteiger charge is -2.23. The molecule has 0 fully saturated rings. The first-order valence-corrected chi connectivity index (χ1v) is 7.16. The van der Waals surface area contributed by atoms with Crippen LogP contribution in [0.2, 0.25) is 0 Å². The molecule has 1 rings (SSSR count). The van der Waals surface area contributed by atoms with Crippen molar-refractivity contribution in [2.24, 2.45) is 12.2 Å². The molecule has 7 nitrogen and oxygen atoms in total. The number of carbonyl (C=O) groups excluding carboxylic acids is 1. The van der Waals surface area contributed by atoms with Crippen LogP contribution in [0.3, 0.4) is 0 Å². The zero-order valence-electron chi connectivity index (χ0n) is 11.0. The second-order valence-electron chi connectivity index (χ2n) is 4.28. The molecule has 1 aromatic rings. The van der Waals surface area contributed by atoms with Crippen LogP contribution in [0.5, 0.6) is 0 Å². The summed E-state index contributed by atoms with van der Waals surface area (Å²) in [5.74, 6) is -1.06. The van der Waals surface area contributed by atoms with E-state index < -0.39 is 41.8 Å². The molecule has 0 aromatic carbocycles. The predicted octanol–water partition coefficient (Wildman–Crippen LogP) is -0.331. The van der Waals surface area contributed by atoms with Crippen LogP contribution in [0.15, 0.2) is 17.2 Å². The van der Waals surface area contributed by atoms with E-state index >= 15 is 0 Å². The molecule has 0 aliphatic heterocycles. The van der Waals surface area contributed by atoms with Gasteiger partial charge in [0.2, 0.25) is 10.0 Å². The number of aliphatic hydroxyl groups excluding tert-OH is 1. The van der Waals surface area contributed by atoms with Crippen LogP contribution in [0.25, 0.3) is 0 Å². The van der Waals surface area contributed by atoms with Crippen LogP contribution in [-0.4, -0.2) is 54.8 Å². The Labute approximate surface area is 118 Å². The van der Waals surface area contributed by atoms with E-state index in [9.17, 15) is 26.4 Å². The number of nitrogens with two attached hydrogens (primary N) is 1. The van der Waals surface area contributed by atoms with E-state index in [0.717, 1.165) is 16.8 Å². The van der Waals surface area contributed by atoms with Crippen molar-refractivity contribution < 1.29 is 31.5 Å². The highest BCUT2D eigenvalue weighted by atomic mass is 32.2. The van der Waals surface area contributed by atoms with Crippen LogP contribution in [0, 0.1) is 0 Å². The van der Waals surface area contributed by atoms with Crippen LogP contribution in [0.1, 0.15) is 10.5 Å². The van der Waals surface area contributed by atoms with E-state index in [-0.39, 0.29) is 10.6 Å². The van der Waals surface area contributed by atoms with Gasteiger partial charge in [0.15, 0.2) is 0 Å². The molecule has 0 bridgehead atoms. The van der Waals surface area contributed by atoms with E-state index in [1.54, 1.807) is 0 Å². The van der Waals surface area contributed by atoms with E-state index in [4.69, 9.17) is 10.2 Å². The van der Waals surface area contributed by atoms with Crippen LogP contribution < -0.4 is 5.14 Å². The molecule has 0 atom stereocenters. The standard InChI is InChI=1S/C10H14F3N3O4S/c1-15-5-7(21(14,19)20)4-8(15)9(18)16(2-3-17)6-10(11,12)13/h4-5,17H,2-3,6H2,1H3,(H2,14,19,20). The molecule has 0 spiro atoms. The SMILES string of the molecule is Cn1cc(S(N)(=O)=O)cc1C(=O)N(CCO)CC(F)(F)F. The molecular formula is C10H14F3N3O4S. The number of hydrogen-bond donors (Lipinski definition) is 2. The van der Waals surface area contributed by atoms with Gasteiger partial charge in [-0.3, -0.25) is 4.79 Å². The molecule has 0 unspecified atom stereocenters. The number of amides is 1. The number of aryl methyl sites for hydroxylation is 1. The van der Waals surface area contributed by atoms with Crippen LogP contribution >= 0.6 is 0 Å². The second-order valence-corrected chi connectivity index (χ2v) is 5.84. The third kappa shape index (κ3) is 4.72. The Morgan fingerprint density at radius 2 is 2.05 bits per heavy atom. The lowest BCUT2D eigenvalue weighted by molar-refractivity contribution is -0.141. The summed E-state index contributed by atoms with van der Waals surface area (Å²) in [6, 6.07) is 0.887. The monoisotopic (exact) mass is 329 g/mol. The Hall–Kier alpha value is -1.59. The molecule has 0 aliphatic carbocycles. The Morgan fingerprint density at radius 3 is 2.43 bits per heavy atom. The highest BCUT2D eigenvalue weighted by molar-refractivity contribution is 7.89. The molecule has 11 heteroatoms. The van der Waals surface area contributed by atoms with E-state index in [2.05, 4.69) is 0 Å². The summed E-state index contributed by atoms with van der Waals surface area (Å²) in [6.07, 6.45) is -3.62. The minimum absolute atomic E-state index is 0.281. The number of hydrogen-bond acceptors (Lipinski definition) is 4. The summed E-state index contributed by atoms with van der Waals surface area (Å²) >= 11 is 0.